The predicted octanol–water partition coefficient (Wildman–Crippen LogP) is 6.26. The largest absolute Gasteiger partial charge is 0.300 e. The fraction of sp³-hybridized carbons (Fsp3) is 0.944. The van der Waals surface area contributed by atoms with Crippen LogP contribution in [0, 0.1) is 17.8 Å². The Morgan fingerprint density at radius 2 is 1.47 bits per heavy atom. The molecule has 0 unspecified atom stereocenters. The zero-order valence-corrected chi connectivity index (χ0v) is 14.6. The van der Waals surface area contributed by atoms with Crippen LogP contribution in [0.15, 0.2) is 0 Å². The van der Waals surface area contributed by atoms with E-state index in [0.717, 1.165) is 30.6 Å². The van der Waals surface area contributed by atoms with E-state index in [4.69, 9.17) is 0 Å². The number of rotatable bonds is 5. The van der Waals surface area contributed by atoms with E-state index in [1.54, 1.807) is 6.92 Å². The summed E-state index contributed by atoms with van der Waals surface area (Å²) in [5, 5.41) is 0. The summed E-state index contributed by atoms with van der Waals surface area (Å²) in [6.07, 6.45) is 8.84. The molecule has 0 spiro atoms. The van der Waals surface area contributed by atoms with Gasteiger partial charge in [0.15, 0.2) is 0 Å². The van der Waals surface area contributed by atoms with Gasteiger partial charge in [0, 0.05) is 6.42 Å². The van der Waals surface area contributed by atoms with Gasteiger partial charge in [0.05, 0.1) is 0 Å². The minimum absolute atomic E-state index is 0.353. The molecule has 0 heterocycles. The zero-order chi connectivity index (χ0) is 15.3. The molecule has 0 aromatic carbocycles. The molecule has 1 saturated carbocycles. The van der Waals surface area contributed by atoms with Crippen molar-refractivity contribution >= 4 is 5.78 Å². The quantitative estimate of drug-likeness (QED) is 0.576. The predicted molar refractivity (Wildman–Crippen MR) is 87.5 cm³/mol. The molecular formula is C18H38O. The normalized spacial score (nSPS) is 21.9. The van der Waals surface area contributed by atoms with Gasteiger partial charge in [0.25, 0.3) is 0 Å². The highest BCUT2D eigenvalue weighted by Crippen LogP contribution is 2.35. The minimum atomic E-state index is 0.353. The Labute approximate surface area is 122 Å². The monoisotopic (exact) mass is 270 g/mol. The van der Waals surface area contributed by atoms with E-state index in [9.17, 15) is 4.79 Å². The molecule has 0 atom stereocenters. The standard InChI is InChI=1S/C14H26O.2C2H6/c1-11(2)14-9-7-13(8-10-14)6-4-5-12(3)15;2*1-2/h11,13-14H,4-10H2,1-3H3;2*1-2H3. The maximum Gasteiger partial charge on any atom is 0.129 e. The molecule has 1 fully saturated rings. The Morgan fingerprint density at radius 3 is 1.84 bits per heavy atom. The Bertz CT molecular complexity index is 188. The lowest BCUT2D eigenvalue weighted by molar-refractivity contribution is -0.117. The van der Waals surface area contributed by atoms with E-state index < -0.39 is 0 Å². The Balaban J connectivity index is 0. The van der Waals surface area contributed by atoms with Gasteiger partial charge in [-0.05, 0) is 43.9 Å². The van der Waals surface area contributed by atoms with Crippen molar-refractivity contribution in [3.8, 4) is 0 Å². The molecule has 0 saturated heterocycles. The summed E-state index contributed by atoms with van der Waals surface area (Å²) in [6.45, 7) is 14.4. The third kappa shape index (κ3) is 11.2. The maximum absolute atomic E-state index is 10.8. The first-order chi connectivity index (χ1) is 9.09. The number of hydrogen-bond donors (Lipinski definition) is 0. The lowest BCUT2D eigenvalue weighted by atomic mass is 9.75. The molecular weight excluding hydrogens is 232 g/mol. The molecule has 116 valence electrons. The molecule has 0 N–H and O–H groups in total. The fourth-order valence-electron chi connectivity index (χ4n) is 2.78. The van der Waals surface area contributed by atoms with Gasteiger partial charge in [-0.15, -0.1) is 0 Å². The smallest absolute Gasteiger partial charge is 0.129 e. The number of Topliss-reactive ketones (excluding diaryl/α,β-unsaturated/α-hetero) is 1. The molecule has 0 bridgehead atoms. The average molecular weight is 271 g/mol. The van der Waals surface area contributed by atoms with Crippen molar-refractivity contribution in [2.24, 2.45) is 17.8 Å². The zero-order valence-electron chi connectivity index (χ0n) is 14.6. The lowest BCUT2D eigenvalue weighted by Gasteiger charge is -2.30. The molecule has 0 aliphatic heterocycles. The van der Waals surface area contributed by atoms with Gasteiger partial charge >= 0.3 is 0 Å². The SMILES string of the molecule is CC.CC.CC(=O)CCCC1CCC(C(C)C)CC1. The van der Waals surface area contributed by atoms with Gasteiger partial charge in [0.2, 0.25) is 0 Å². The number of carbonyl (C=O) groups excluding carboxylic acids is 1. The second kappa shape index (κ2) is 14.1. The van der Waals surface area contributed by atoms with Crippen LogP contribution >= 0.6 is 0 Å². The summed E-state index contributed by atoms with van der Waals surface area (Å²) in [4.78, 5) is 10.8. The Kier molecular flexibility index (Phi) is 15.6. The maximum atomic E-state index is 10.8. The fourth-order valence-corrected chi connectivity index (χ4v) is 2.78. The Hall–Kier alpha value is -0.330. The van der Waals surface area contributed by atoms with Crippen LogP contribution in [0.5, 0.6) is 0 Å². The van der Waals surface area contributed by atoms with Gasteiger partial charge in [-0.1, -0.05) is 60.8 Å². The van der Waals surface area contributed by atoms with E-state index in [2.05, 4.69) is 13.8 Å². The highest BCUT2D eigenvalue weighted by atomic mass is 16.1. The van der Waals surface area contributed by atoms with Gasteiger partial charge in [-0.25, -0.2) is 0 Å². The van der Waals surface area contributed by atoms with Crippen LogP contribution in [-0.4, -0.2) is 5.78 Å². The van der Waals surface area contributed by atoms with Crippen LogP contribution in [0.1, 0.15) is 93.4 Å². The molecule has 0 aromatic heterocycles. The summed E-state index contributed by atoms with van der Waals surface area (Å²) in [7, 11) is 0. The van der Waals surface area contributed by atoms with Crippen molar-refractivity contribution in [2.45, 2.75) is 93.4 Å². The van der Waals surface area contributed by atoms with Crippen molar-refractivity contribution in [1.82, 2.24) is 0 Å². The highest BCUT2D eigenvalue weighted by Gasteiger charge is 2.22. The second-order valence-corrected chi connectivity index (χ2v) is 5.62. The van der Waals surface area contributed by atoms with Crippen molar-refractivity contribution in [3.05, 3.63) is 0 Å². The molecule has 0 amide bonds. The number of hydrogen-bond acceptors (Lipinski definition) is 1. The summed E-state index contributed by atoms with van der Waals surface area (Å²) >= 11 is 0. The molecule has 0 radical (unpaired) electrons. The highest BCUT2D eigenvalue weighted by molar-refractivity contribution is 5.75. The van der Waals surface area contributed by atoms with Crippen LogP contribution in [0.25, 0.3) is 0 Å². The van der Waals surface area contributed by atoms with E-state index in [-0.39, 0.29) is 0 Å². The molecule has 1 heteroatoms. The second-order valence-electron chi connectivity index (χ2n) is 5.62. The van der Waals surface area contributed by atoms with Gasteiger partial charge in [0.1, 0.15) is 5.78 Å². The van der Waals surface area contributed by atoms with Crippen LogP contribution in [0.2, 0.25) is 0 Å². The van der Waals surface area contributed by atoms with Crippen molar-refractivity contribution < 1.29 is 4.79 Å². The van der Waals surface area contributed by atoms with Crippen LogP contribution in [0.3, 0.4) is 0 Å². The van der Waals surface area contributed by atoms with Crippen molar-refractivity contribution in [3.63, 3.8) is 0 Å². The van der Waals surface area contributed by atoms with Crippen molar-refractivity contribution in [1.29, 1.82) is 0 Å². The third-order valence-electron chi connectivity index (χ3n) is 3.98. The molecule has 1 nitrogen and oxygen atoms in total. The van der Waals surface area contributed by atoms with Crippen molar-refractivity contribution in [2.75, 3.05) is 0 Å². The van der Waals surface area contributed by atoms with Gasteiger partial charge < -0.3 is 4.79 Å². The first-order valence-electron chi connectivity index (χ1n) is 8.59. The summed E-state index contributed by atoms with van der Waals surface area (Å²) in [6, 6.07) is 0. The van der Waals surface area contributed by atoms with Crippen LogP contribution in [0.4, 0.5) is 0 Å². The molecule has 1 aliphatic rings. The summed E-state index contributed by atoms with van der Waals surface area (Å²) in [5.74, 6) is 3.10. The average Bonchev–Trinajstić information content (AvgIpc) is 2.43. The first-order valence-corrected chi connectivity index (χ1v) is 8.59. The van der Waals surface area contributed by atoms with E-state index in [1.165, 1.54) is 32.1 Å². The topological polar surface area (TPSA) is 17.1 Å². The number of carbonyl (C=O) groups is 1. The first kappa shape index (κ1) is 21.0. The molecule has 0 aromatic rings. The molecule has 1 aliphatic carbocycles. The molecule has 19 heavy (non-hydrogen) atoms. The lowest BCUT2D eigenvalue weighted by Crippen LogP contribution is -2.18. The van der Waals surface area contributed by atoms with Gasteiger partial charge in [-0.2, -0.15) is 0 Å². The molecule has 1 rings (SSSR count). The van der Waals surface area contributed by atoms with E-state index in [0.29, 0.717) is 5.78 Å². The Morgan fingerprint density at radius 1 is 1.00 bits per heavy atom. The summed E-state index contributed by atoms with van der Waals surface area (Å²) < 4.78 is 0. The van der Waals surface area contributed by atoms with Crippen LogP contribution in [-0.2, 0) is 4.79 Å². The number of ketones is 1. The van der Waals surface area contributed by atoms with Gasteiger partial charge in [-0.3, -0.25) is 0 Å². The minimum Gasteiger partial charge on any atom is -0.300 e. The summed E-state index contributed by atoms with van der Waals surface area (Å²) in [5.41, 5.74) is 0. The van der Waals surface area contributed by atoms with E-state index >= 15 is 0 Å². The van der Waals surface area contributed by atoms with E-state index in [1.807, 2.05) is 27.7 Å². The van der Waals surface area contributed by atoms with Crippen LogP contribution < -0.4 is 0 Å². The third-order valence-corrected chi connectivity index (χ3v) is 3.98.